The van der Waals surface area contributed by atoms with Gasteiger partial charge >= 0.3 is 0 Å². The van der Waals surface area contributed by atoms with E-state index in [1.54, 1.807) is 18.6 Å². The molecule has 0 fully saturated rings. The molecule has 9 heavy (non-hydrogen) atoms. The Bertz CT molecular complexity index is 176. The fourth-order valence-electron chi connectivity index (χ4n) is 0.379. The minimum atomic E-state index is 0.720. The van der Waals surface area contributed by atoms with E-state index in [-0.39, 0.29) is 0 Å². The summed E-state index contributed by atoms with van der Waals surface area (Å²) in [5.74, 6) is 0.720. The largest absolute Gasteiger partial charge is 0.259 e. The number of halogens is 2. The summed E-state index contributed by atoms with van der Waals surface area (Å²) in [5, 5.41) is 0. The van der Waals surface area contributed by atoms with Gasteiger partial charge < -0.3 is 0 Å². The van der Waals surface area contributed by atoms with Crippen LogP contribution in [0.1, 0.15) is 0 Å². The summed E-state index contributed by atoms with van der Waals surface area (Å²) in [4.78, 5) is 7.79. The first kappa shape index (κ1) is 6.95. The van der Waals surface area contributed by atoms with Crippen molar-refractivity contribution in [2.24, 2.45) is 0 Å². The van der Waals surface area contributed by atoms with Crippen molar-refractivity contribution in [1.82, 2.24) is 9.97 Å². The first-order chi connectivity index (χ1) is 4.30. The van der Waals surface area contributed by atoms with Gasteiger partial charge in [-0.05, 0) is 0 Å². The molecule has 48 valence electrons. The summed E-state index contributed by atoms with van der Waals surface area (Å²) >= 11 is 6.26. The summed E-state index contributed by atoms with van der Waals surface area (Å²) in [5.41, 5.74) is 0. The number of nitrogens with zero attached hydrogens (tertiary/aromatic N) is 3. The summed E-state index contributed by atoms with van der Waals surface area (Å²) < 4.78 is 1.53. The van der Waals surface area contributed by atoms with Crippen LogP contribution < -0.4 is 2.95 Å². The third-order valence-corrected chi connectivity index (χ3v) is 1.45. The van der Waals surface area contributed by atoms with Crippen LogP contribution in [-0.4, -0.2) is 9.97 Å². The van der Waals surface area contributed by atoms with E-state index in [4.69, 9.17) is 0 Å². The maximum absolute atomic E-state index is 3.95. The van der Waals surface area contributed by atoms with Crippen LogP contribution in [0.4, 0.5) is 5.82 Å². The molecule has 0 aliphatic carbocycles. The van der Waals surface area contributed by atoms with E-state index in [2.05, 4.69) is 42.3 Å². The molecule has 0 unspecified atom stereocenters. The Hall–Kier alpha value is -0.160. The standard InChI is InChI=1S/C4H3Br2N3/c5-9(6)4-3-7-1-2-8-4/h1-3H. The van der Waals surface area contributed by atoms with E-state index >= 15 is 0 Å². The molecule has 0 aliphatic rings. The summed E-state index contributed by atoms with van der Waals surface area (Å²) in [6.07, 6.45) is 4.86. The summed E-state index contributed by atoms with van der Waals surface area (Å²) in [7, 11) is 0. The Kier molecular flexibility index (Phi) is 2.41. The van der Waals surface area contributed by atoms with Crippen molar-refractivity contribution >= 4 is 38.1 Å². The van der Waals surface area contributed by atoms with Crippen LogP contribution in [0.2, 0.25) is 0 Å². The van der Waals surface area contributed by atoms with Crippen molar-refractivity contribution in [3.63, 3.8) is 0 Å². The Balaban J connectivity index is 2.85. The van der Waals surface area contributed by atoms with Crippen LogP contribution in [-0.2, 0) is 0 Å². The van der Waals surface area contributed by atoms with Gasteiger partial charge in [0, 0.05) is 12.4 Å². The third kappa shape index (κ3) is 1.91. The highest BCUT2D eigenvalue weighted by molar-refractivity contribution is 9.25. The van der Waals surface area contributed by atoms with Gasteiger partial charge in [0.05, 0.1) is 38.5 Å². The molecule has 0 atom stereocenters. The van der Waals surface area contributed by atoms with Crippen molar-refractivity contribution in [3.8, 4) is 0 Å². The molecule has 0 amide bonds. The fourth-order valence-corrected chi connectivity index (χ4v) is 0.745. The van der Waals surface area contributed by atoms with Crippen molar-refractivity contribution in [2.45, 2.75) is 0 Å². The molecule has 1 heterocycles. The molecule has 0 saturated heterocycles. The lowest BCUT2D eigenvalue weighted by atomic mass is 10.7. The normalized spacial score (nSPS) is 9.11. The van der Waals surface area contributed by atoms with Crippen LogP contribution in [0.15, 0.2) is 18.6 Å². The lowest BCUT2D eigenvalue weighted by molar-refractivity contribution is 1.20. The Morgan fingerprint density at radius 1 is 1.33 bits per heavy atom. The molecule has 0 aromatic carbocycles. The smallest absolute Gasteiger partial charge is 0.167 e. The molecule has 0 saturated carbocycles. The highest BCUT2D eigenvalue weighted by Gasteiger charge is 1.95. The summed E-state index contributed by atoms with van der Waals surface area (Å²) in [6.45, 7) is 0. The highest BCUT2D eigenvalue weighted by Crippen LogP contribution is 2.15. The van der Waals surface area contributed by atoms with Gasteiger partial charge in [0.2, 0.25) is 0 Å². The van der Waals surface area contributed by atoms with Gasteiger partial charge in [0.25, 0.3) is 0 Å². The third-order valence-electron chi connectivity index (χ3n) is 0.723. The molecule has 3 nitrogen and oxygen atoms in total. The van der Waals surface area contributed by atoms with Crippen LogP contribution in [0.3, 0.4) is 0 Å². The topological polar surface area (TPSA) is 29.0 Å². The second-order valence-corrected chi connectivity index (χ2v) is 3.67. The number of aromatic nitrogens is 2. The average molecular weight is 253 g/mol. The fraction of sp³-hybridized carbons (Fsp3) is 0. The van der Waals surface area contributed by atoms with E-state index < -0.39 is 0 Å². The molecule has 0 N–H and O–H groups in total. The Morgan fingerprint density at radius 2 is 2.11 bits per heavy atom. The van der Waals surface area contributed by atoms with Gasteiger partial charge in [-0.2, -0.15) is 0 Å². The van der Waals surface area contributed by atoms with E-state index in [9.17, 15) is 0 Å². The average Bonchev–Trinajstić information content (AvgIpc) is 1.90. The number of hydrogen-bond acceptors (Lipinski definition) is 3. The molecule has 5 heteroatoms. The Labute approximate surface area is 69.8 Å². The second-order valence-electron chi connectivity index (χ2n) is 1.30. The SMILES string of the molecule is BrN(Br)c1cnccn1. The first-order valence-corrected chi connectivity index (χ1v) is 3.60. The molecule has 0 spiro atoms. The number of hydrogen-bond donors (Lipinski definition) is 0. The predicted molar refractivity (Wildman–Crippen MR) is 42.4 cm³/mol. The van der Waals surface area contributed by atoms with Gasteiger partial charge in [-0.1, -0.05) is 0 Å². The lowest BCUT2D eigenvalue weighted by Crippen LogP contribution is -1.92. The van der Waals surface area contributed by atoms with Gasteiger partial charge in [-0.25, -0.2) is 7.94 Å². The van der Waals surface area contributed by atoms with E-state index in [1.807, 2.05) is 0 Å². The maximum atomic E-state index is 3.95. The van der Waals surface area contributed by atoms with Gasteiger partial charge in [-0.15, -0.1) is 0 Å². The predicted octanol–water partition coefficient (Wildman–Crippen LogP) is 1.90. The van der Waals surface area contributed by atoms with Crippen LogP contribution >= 0.6 is 32.3 Å². The van der Waals surface area contributed by atoms with Gasteiger partial charge in [0.15, 0.2) is 5.82 Å². The Morgan fingerprint density at radius 3 is 2.44 bits per heavy atom. The van der Waals surface area contributed by atoms with Crippen LogP contribution in [0.5, 0.6) is 0 Å². The maximum Gasteiger partial charge on any atom is 0.167 e. The number of anilines is 1. The molecule has 0 radical (unpaired) electrons. The highest BCUT2D eigenvalue weighted by atomic mass is 79.9. The van der Waals surface area contributed by atoms with Crippen molar-refractivity contribution in [2.75, 3.05) is 2.95 Å². The van der Waals surface area contributed by atoms with Gasteiger partial charge in [0.1, 0.15) is 0 Å². The minimum absolute atomic E-state index is 0.720. The minimum Gasteiger partial charge on any atom is -0.259 e. The summed E-state index contributed by atoms with van der Waals surface area (Å²) in [6, 6.07) is 0. The molecular weight excluding hydrogens is 250 g/mol. The van der Waals surface area contributed by atoms with E-state index in [0.717, 1.165) is 5.82 Å². The van der Waals surface area contributed by atoms with E-state index in [0.29, 0.717) is 0 Å². The molecule has 0 aliphatic heterocycles. The molecule has 1 aromatic rings. The molecule has 1 aromatic heterocycles. The monoisotopic (exact) mass is 251 g/mol. The zero-order valence-corrected chi connectivity index (χ0v) is 7.50. The zero-order chi connectivity index (χ0) is 6.69. The second kappa shape index (κ2) is 3.12. The lowest BCUT2D eigenvalue weighted by Gasteiger charge is -2.01. The van der Waals surface area contributed by atoms with Crippen molar-refractivity contribution in [3.05, 3.63) is 18.6 Å². The molecular formula is C4H3Br2N3. The van der Waals surface area contributed by atoms with Crippen molar-refractivity contribution in [1.29, 1.82) is 0 Å². The van der Waals surface area contributed by atoms with Crippen molar-refractivity contribution < 1.29 is 0 Å². The van der Waals surface area contributed by atoms with E-state index in [1.165, 1.54) is 2.95 Å². The van der Waals surface area contributed by atoms with Crippen LogP contribution in [0.25, 0.3) is 0 Å². The number of rotatable bonds is 1. The van der Waals surface area contributed by atoms with Gasteiger partial charge in [-0.3, -0.25) is 4.98 Å². The quantitative estimate of drug-likeness (QED) is 0.715. The zero-order valence-electron chi connectivity index (χ0n) is 4.33. The molecule has 0 bridgehead atoms. The first-order valence-electron chi connectivity index (χ1n) is 2.18. The van der Waals surface area contributed by atoms with Crippen LogP contribution in [0, 0.1) is 0 Å². The molecule has 1 rings (SSSR count).